The summed E-state index contributed by atoms with van der Waals surface area (Å²) in [7, 11) is 0. The van der Waals surface area contributed by atoms with Gasteiger partial charge in [0.1, 0.15) is 0 Å². The zero-order chi connectivity index (χ0) is 51.8. The highest BCUT2D eigenvalue weighted by atomic mass is 32.4. The van der Waals surface area contributed by atoms with Gasteiger partial charge in [0, 0.05) is 53.4 Å². The van der Waals surface area contributed by atoms with E-state index in [1.807, 2.05) is 24.8 Å². The van der Waals surface area contributed by atoms with Gasteiger partial charge < -0.3 is 0 Å². The minimum atomic E-state index is -2.39. The number of benzene rings is 10. The molecule has 3 nitrogen and oxygen atoms in total. The maximum Gasteiger partial charge on any atom is 0.0665 e. The van der Waals surface area contributed by atoms with Gasteiger partial charge in [0.25, 0.3) is 0 Å². The zero-order valence-electron chi connectivity index (χ0n) is 42.5. The maximum absolute atomic E-state index is 6.87. The molecule has 7 heteroatoms. The molecule has 2 aromatic heterocycles. The minimum absolute atomic E-state index is 0.845. The van der Waals surface area contributed by atoms with E-state index < -0.39 is 12.1 Å². The van der Waals surface area contributed by atoms with E-state index >= 15 is 0 Å². The third-order valence-electron chi connectivity index (χ3n) is 14.9. The first kappa shape index (κ1) is 49.1. The summed E-state index contributed by atoms with van der Waals surface area (Å²) in [5.41, 5.74) is 12.6. The van der Waals surface area contributed by atoms with Gasteiger partial charge in [-0.3, -0.25) is 15.0 Å². The van der Waals surface area contributed by atoms with Gasteiger partial charge in [-0.25, -0.2) is 0 Å². The smallest absolute Gasteiger partial charge is 0.0665 e. The summed E-state index contributed by atoms with van der Waals surface area (Å²) in [6.07, 6.45) is 8.19. The second kappa shape index (κ2) is 20.8. The van der Waals surface area contributed by atoms with E-state index in [1.54, 1.807) is 0 Å². The lowest BCUT2D eigenvalue weighted by molar-refractivity contribution is 1.13. The van der Waals surface area contributed by atoms with Crippen LogP contribution >= 0.6 is 12.1 Å². The number of hydrogen-bond acceptors (Lipinski definition) is 5. The summed E-state index contributed by atoms with van der Waals surface area (Å²) in [5.74, 6) is 0. The Morgan fingerprint density at radius 2 is 0.947 bits per heavy atom. The zero-order valence-corrected chi connectivity index (χ0v) is 45.9. The summed E-state index contributed by atoms with van der Waals surface area (Å²) in [6.45, 7) is 6.63. The average Bonchev–Trinajstić information content (AvgIpc) is 3.49. The topological polar surface area (TPSA) is 38.1 Å². The number of aromatic nitrogens is 2. The van der Waals surface area contributed by atoms with Crippen LogP contribution in [0, 0.1) is 6.92 Å². The quantitative estimate of drug-likeness (QED) is 0.0903. The molecule has 10 aromatic carbocycles. The average molecular weight is 1050 g/mol. The molecule has 0 amide bonds. The highest BCUT2D eigenvalue weighted by Crippen LogP contribution is 2.47. The number of aliphatic imine (C=N–C) groups is 1. The van der Waals surface area contributed by atoms with Crippen molar-refractivity contribution in [2.75, 3.05) is 0 Å². The van der Waals surface area contributed by atoms with E-state index in [4.69, 9.17) is 28.6 Å². The molecule has 0 bridgehead atoms. The normalized spacial score (nSPS) is 12.1. The van der Waals surface area contributed by atoms with Crippen LogP contribution in [0.4, 0.5) is 5.69 Å². The summed E-state index contributed by atoms with van der Waals surface area (Å²) < 4.78 is 0. The molecule has 0 aliphatic rings. The van der Waals surface area contributed by atoms with Crippen molar-refractivity contribution in [3.05, 3.63) is 272 Å². The van der Waals surface area contributed by atoms with Crippen LogP contribution in [0.15, 0.2) is 260 Å². The van der Waals surface area contributed by atoms with Gasteiger partial charge in [-0.05, 0) is 172 Å². The van der Waals surface area contributed by atoms with Crippen molar-refractivity contribution in [2.24, 2.45) is 4.99 Å². The maximum atomic E-state index is 6.87. The number of hydrogen-bond donors (Lipinski definition) is 0. The third-order valence-corrected chi connectivity index (χ3v) is 24.8. The fourth-order valence-corrected chi connectivity index (χ4v) is 18.8. The lowest BCUT2D eigenvalue weighted by atomic mass is 9.88. The molecule has 2 heterocycles. The fraction of sp³-hybridized carbons (Fsp3) is 0.0580. The van der Waals surface area contributed by atoms with Crippen molar-refractivity contribution in [3.63, 3.8) is 0 Å². The highest BCUT2D eigenvalue weighted by molar-refractivity contribution is 8.26. The molecule has 0 radical (unpaired) electrons. The van der Waals surface area contributed by atoms with Crippen LogP contribution in [0.25, 0.3) is 65.7 Å². The van der Waals surface area contributed by atoms with Gasteiger partial charge in [0.15, 0.2) is 0 Å². The van der Waals surface area contributed by atoms with Crippen LogP contribution < -0.4 is 31.8 Å². The van der Waals surface area contributed by atoms with E-state index in [-0.39, 0.29) is 0 Å². The lowest BCUT2D eigenvalue weighted by Crippen LogP contribution is -2.25. The second-order valence-corrected chi connectivity index (χ2v) is 28.1. The Labute approximate surface area is 455 Å². The van der Waals surface area contributed by atoms with Crippen molar-refractivity contribution >= 4 is 111 Å². The fourth-order valence-electron chi connectivity index (χ4n) is 11.1. The summed E-state index contributed by atoms with van der Waals surface area (Å²) in [5, 5.41) is 14.1. The summed E-state index contributed by atoms with van der Waals surface area (Å²) >= 11 is 13.5. The predicted molar refractivity (Wildman–Crippen MR) is 335 cm³/mol. The molecular formula is C69H53N3P2S2. The Kier molecular flexibility index (Phi) is 13.4. The molecule has 12 aromatic rings. The second-order valence-electron chi connectivity index (χ2n) is 19.4. The van der Waals surface area contributed by atoms with Gasteiger partial charge in [-0.1, -0.05) is 213 Å². The molecular weight excluding hydrogens is 997 g/mol. The van der Waals surface area contributed by atoms with Crippen molar-refractivity contribution in [3.8, 4) is 33.4 Å². The Morgan fingerprint density at radius 1 is 0.421 bits per heavy atom. The van der Waals surface area contributed by atoms with Crippen molar-refractivity contribution < 1.29 is 0 Å². The molecule has 0 aliphatic heterocycles. The van der Waals surface area contributed by atoms with Gasteiger partial charge in [0.2, 0.25) is 0 Å². The van der Waals surface area contributed by atoms with E-state index in [0.29, 0.717) is 0 Å². The number of fused-ring (bicyclic) bond motifs is 3. The van der Waals surface area contributed by atoms with Crippen molar-refractivity contribution in [1.29, 1.82) is 0 Å². The molecule has 76 heavy (non-hydrogen) atoms. The molecule has 0 atom stereocenters. The van der Waals surface area contributed by atoms with Crippen molar-refractivity contribution in [1.82, 2.24) is 9.97 Å². The molecule has 0 aliphatic carbocycles. The highest BCUT2D eigenvalue weighted by Gasteiger charge is 2.28. The first-order chi connectivity index (χ1) is 37.2. The first-order valence-corrected chi connectivity index (χ1v) is 31.3. The van der Waals surface area contributed by atoms with Crippen LogP contribution in [0.3, 0.4) is 0 Å². The number of rotatable bonds is 12. The molecule has 12 rings (SSSR count). The van der Waals surface area contributed by atoms with Gasteiger partial charge in [-0.15, -0.1) is 0 Å². The van der Waals surface area contributed by atoms with Gasteiger partial charge >= 0.3 is 0 Å². The minimum Gasteiger partial charge on any atom is -0.265 e. The molecule has 366 valence electrons. The van der Waals surface area contributed by atoms with E-state index in [9.17, 15) is 0 Å². The Hall–Kier alpha value is -7.75. The molecule has 0 saturated carbocycles. The standard InChI is InChI=1S/C69H53N3P2S2/c1-4-49-44-53(51-23-24-54-46-60(29-25-52(54)45-51)73(75,58-35-39-70-40-36-58)59-37-41-71-42-38-59)28-33-67(49)72-48(3)69-63-20-12-11-15-50(63)26-31-66(69)61-30-27-55(43-47(61)2)62-32-34-68(65-22-14-13-21-64(62)65)74(76,56-16-7-5-8-17-56)57-18-9-6-10-19-57/h5-46H,4H2,1-3H3. The SMILES string of the molecule is CCc1cc(-c2ccc3cc(P(=S)(c4ccncc4)c4ccncc4)ccc3c2)ccc1N=C(C)c1c(-c2ccc(-c3ccc(P(=S)(c4ccccc4)c4ccccc4)c4ccccc34)cc2C)ccc2ccccc12. The van der Waals surface area contributed by atoms with Crippen LogP contribution in [0.1, 0.15) is 30.5 Å². The monoisotopic (exact) mass is 1050 g/mol. The Bertz CT molecular complexity index is 4210. The van der Waals surface area contributed by atoms with Gasteiger partial charge in [0.05, 0.1) is 5.69 Å². The summed E-state index contributed by atoms with van der Waals surface area (Å²) in [6, 6.07) is 78.7. The number of nitrogens with zero attached hydrogens (tertiary/aromatic N) is 3. The van der Waals surface area contributed by atoms with Crippen molar-refractivity contribution in [2.45, 2.75) is 27.2 Å². The first-order valence-electron chi connectivity index (χ1n) is 25.7. The van der Waals surface area contributed by atoms with Crippen LogP contribution in [0.2, 0.25) is 0 Å². The number of pyridine rings is 2. The van der Waals surface area contributed by atoms with Crippen LogP contribution in [0.5, 0.6) is 0 Å². The van der Waals surface area contributed by atoms with Crippen LogP contribution in [-0.2, 0) is 30.0 Å². The molecule has 0 spiro atoms. The van der Waals surface area contributed by atoms with E-state index in [2.05, 4.69) is 261 Å². The molecule has 0 saturated heterocycles. The Balaban J connectivity index is 0.888. The molecule has 0 fully saturated rings. The van der Waals surface area contributed by atoms with E-state index in [1.165, 1.54) is 87.4 Å². The van der Waals surface area contributed by atoms with E-state index in [0.717, 1.165) is 44.7 Å². The largest absolute Gasteiger partial charge is 0.265 e. The predicted octanol–water partition coefficient (Wildman–Crippen LogP) is 15.5. The summed E-state index contributed by atoms with van der Waals surface area (Å²) in [4.78, 5) is 14.1. The molecule has 0 N–H and O–H groups in total. The van der Waals surface area contributed by atoms with Crippen LogP contribution in [-0.4, -0.2) is 15.7 Å². The van der Waals surface area contributed by atoms with Gasteiger partial charge in [-0.2, -0.15) is 0 Å². The molecule has 0 unspecified atom stereocenters. The number of aryl methyl sites for hydroxylation is 2. The third kappa shape index (κ3) is 8.88. The Morgan fingerprint density at radius 3 is 1.62 bits per heavy atom. The lowest BCUT2D eigenvalue weighted by Gasteiger charge is -2.26.